The Morgan fingerprint density at radius 2 is 2.28 bits per heavy atom. The monoisotopic (exact) mass is 264 g/mol. The average molecular weight is 264 g/mol. The molecule has 0 aliphatic heterocycles. The lowest BCUT2D eigenvalue weighted by Gasteiger charge is -2.15. The highest BCUT2D eigenvalue weighted by atomic mass is 32.1. The summed E-state index contributed by atoms with van der Waals surface area (Å²) in [6, 6.07) is 0.435. The molecule has 2 heterocycles. The standard InChI is InChI=1S/C13H20N4S/c1-4-14-12(5-11-7-15-17(3)8-11)6-13-16-10(2)9-18-13/h7-9,12,14H,4-6H2,1-3H3. The largest absolute Gasteiger partial charge is 0.314 e. The number of aryl methyl sites for hydroxylation is 2. The fraction of sp³-hybridized carbons (Fsp3) is 0.538. The van der Waals surface area contributed by atoms with E-state index in [1.54, 1.807) is 11.3 Å². The Balaban J connectivity index is 1.99. The summed E-state index contributed by atoms with van der Waals surface area (Å²) in [5.74, 6) is 0. The zero-order chi connectivity index (χ0) is 13.0. The predicted octanol–water partition coefficient (Wildman–Crippen LogP) is 1.95. The first-order chi connectivity index (χ1) is 8.67. The Bertz CT molecular complexity index is 446. The molecule has 0 saturated heterocycles. The third-order valence-electron chi connectivity index (χ3n) is 2.82. The van der Waals surface area contributed by atoms with Crippen molar-refractivity contribution >= 4 is 11.3 Å². The van der Waals surface area contributed by atoms with Crippen LogP contribution in [0.2, 0.25) is 0 Å². The molecule has 0 radical (unpaired) electrons. The molecule has 0 saturated carbocycles. The van der Waals surface area contributed by atoms with Crippen LogP contribution in [0.5, 0.6) is 0 Å². The van der Waals surface area contributed by atoms with Crippen molar-refractivity contribution in [3.63, 3.8) is 0 Å². The first-order valence-corrected chi connectivity index (χ1v) is 7.17. The van der Waals surface area contributed by atoms with Gasteiger partial charge in [-0.25, -0.2) is 4.98 Å². The third kappa shape index (κ3) is 3.65. The second-order valence-corrected chi connectivity index (χ2v) is 5.51. The molecule has 1 atom stereocenters. The molecule has 2 aromatic heterocycles. The lowest BCUT2D eigenvalue weighted by Crippen LogP contribution is -2.32. The molecule has 0 bridgehead atoms. The number of hydrogen-bond donors (Lipinski definition) is 1. The van der Waals surface area contributed by atoms with Crippen molar-refractivity contribution in [2.75, 3.05) is 6.54 Å². The van der Waals surface area contributed by atoms with E-state index in [-0.39, 0.29) is 0 Å². The van der Waals surface area contributed by atoms with Gasteiger partial charge >= 0.3 is 0 Å². The number of thiazole rings is 1. The molecule has 2 aromatic rings. The van der Waals surface area contributed by atoms with Gasteiger partial charge in [-0.05, 0) is 25.5 Å². The van der Waals surface area contributed by atoms with E-state index >= 15 is 0 Å². The average Bonchev–Trinajstić information content (AvgIpc) is 2.89. The summed E-state index contributed by atoms with van der Waals surface area (Å²) in [4.78, 5) is 4.54. The van der Waals surface area contributed by atoms with Crippen LogP contribution in [-0.4, -0.2) is 27.4 Å². The quantitative estimate of drug-likeness (QED) is 0.867. The van der Waals surface area contributed by atoms with E-state index in [9.17, 15) is 0 Å². The number of nitrogens with zero attached hydrogens (tertiary/aromatic N) is 3. The Labute approximate surface area is 112 Å². The minimum Gasteiger partial charge on any atom is -0.314 e. The fourth-order valence-corrected chi connectivity index (χ4v) is 2.93. The minimum atomic E-state index is 0.435. The summed E-state index contributed by atoms with van der Waals surface area (Å²) >= 11 is 1.75. The summed E-state index contributed by atoms with van der Waals surface area (Å²) in [6.07, 6.45) is 6.01. The van der Waals surface area contributed by atoms with Gasteiger partial charge in [0, 0.05) is 36.8 Å². The molecule has 0 aliphatic rings. The number of rotatable bonds is 6. The summed E-state index contributed by atoms with van der Waals surface area (Å²) in [5, 5.41) is 11.1. The first kappa shape index (κ1) is 13.2. The van der Waals surface area contributed by atoms with Crippen LogP contribution < -0.4 is 5.32 Å². The van der Waals surface area contributed by atoms with E-state index < -0.39 is 0 Å². The summed E-state index contributed by atoms with van der Waals surface area (Å²) in [6.45, 7) is 5.17. The van der Waals surface area contributed by atoms with E-state index in [1.807, 2.05) is 24.9 Å². The highest BCUT2D eigenvalue weighted by Gasteiger charge is 2.12. The van der Waals surface area contributed by atoms with Gasteiger partial charge in [0.05, 0.1) is 11.2 Å². The van der Waals surface area contributed by atoms with Crippen molar-refractivity contribution in [3.05, 3.63) is 34.0 Å². The molecule has 0 spiro atoms. The molecular formula is C13H20N4S. The van der Waals surface area contributed by atoms with Crippen molar-refractivity contribution in [1.82, 2.24) is 20.1 Å². The zero-order valence-electron chi connectivity index (χ0n) is 11.2. The highest BCUT2D eigenvalue weighted by molar-refractivity contribution is 7.09. The van der Waals surface area contributed by atoms with Gasteiger partial charge in [-0.2, -0.15) is 5.10 Å². The van der Waals surface area contributed by atoms with E-state index in [2.05, 4.69) is 33.9 Å². The maximum absolute atomic E-state index is 4.54. The first-order valence-electron chi connectivity index (χ1n) is 6.29. The molecular weight excluding hydrogens is 244 g/mol. The normalized spacial score (nSPS) is 12.8. The molecule has 4 nitrogen and oxygen atoms in total. The molecule has 0 amide bonds. The van der Waals surface area contributed by atoms with E-state index in [1.165, 1.54) is 10.6 Å². The molecule has 1 unspecified atom stereocenters. The van der Waals surface area contributed by atoms with Crippen molar-refractivity contribution in [1.29, 1.82) is 0 Å². The highest BCUT2D eigenvalue weighted by Crippen LogP contribution is 2.13. The SMILES string of the molecule is CCNC(Cc1cnn(C)c1)Cc1nc(C)cs1. The zero-order valence-corrected chi connectivity index (χ0v) is 12.0. The van der Waals surface area contributed by atoms with Gasteiger partial charge in [0.1, 0.15) is 0 Å². The molecule has 1 N–H and O–H groups in total. The Kier molecular flexibility index (Phi) is 4.49. The van der Waals surface area contributed by atoms with Gasteiger partial charge in [-0.15, -0.1) is 11.3 Å². The number of likely N-dealkylation sites (N-methyl/N-ethyl adjacent to an activating group) is 1. The molecule has 98 valence electrons. The third-order valence-corrected chi connectivity index (χ3v) is 3.81. The minimum absolute atomic E-state index is 0.435. The van der Waals surface area contributed by atoms with Crippen LogP contribution in [-0.2, 0) is 19.9 Å². The molecule has 0 aliphatic carbocycles. The van der Waals surface area contributed by atoms with E-state index in [4.69, 9.17) is 0 Å². The van der Waals surface area contributed by atoms with Crippen LogP contribution in [0.1, 0.15) is 23.2 Å². The van der Waals surface area contributed by atoms with Crippen molar-refractivity contribution in [2.45, 2.75) is 32.7 Å². The van der Waals surface area contributed by atoms with Crippen molar-refractivity contribution in [3.8, 4) is 0 Å². The van der Waals surface area contributed by atoms with Crippen LogP contribution in [0.25, 0.3) is 0 Å². The number of hydrogen-bond acceptors (Lipinski definition) is 4. The lowest BCUT2D eigenvalue weighted by atomic mass is 10.1. The van der Waals surface area contributed by atoms with E-state index in [0.29, 0.717) is 6.04 Å². The van der Waals surface area contributed by atoms with Crippen LogP contribution in [0.3, 0.4) is 0 Å². The lowest BCUT2D eigenvalue weighted by molar-refractivity contribution is 0.520. The van der Waals surface area contributed by atoms with Gasteiger partial charge in [0.15, 0.2) is 0 Å². The number of aromatic nitrogens is 3. The summed E-state index contributed by atoms with van der Waals surface area (Å²) < 4.78 is 1.85. The second-order valence-electron chi connectivity index (χ2n) is 4.57. The Morgan fingerprint density at radius 1 is 1.44 bits per heavy atom. The maximum Gasteiger partial charge on any atom is 0.0943 e. The van der Waals surface area contributed by atoms with Crippen molar-refractivity contribution < 1.29 is 0 Å². The fourth-order valence-electron chi connectivity index (χ4n) is 2.07. The molecule has 2 rings (SSSR count). The summed E-state index contributed by atoms with van der Waals surface area (Å²) in [7, 11) is 1.95. The molecule has 18 heavy (non-hydrogen) atoms. The van der Waals surface area contributed by atoms with Crippen LogP contribution in [0, 0.1) is 6.92 Å². The second kappa shape index (κ2) is 6.11. The van der Waals surface area contributed by atoms with Crippen LogP contribution in [0.15, 0.2) is 17.8 Å². The smallest absolute Gasteiger partial charge is 0.0943 e. The van der Waals surface area contributed by atoms with Gasteiger partial charge in [-0.3, -0.25) is 4.68 Å². The molecule has 5 heteroatoms. The Morgan fingerprint density at radius 3 is 2.83 bits per heavy atom. The van der Waals surface area contributed by atoms with E-state index in [0.717, 1.165) is 25.1 Å². The van der Waals surface area contributed by atoms with Gasteiger partial charge in [-0.1, -0.05) is 6.92 Å². The van der Waals surface area contributed by atoms with Crippen LogP contribution in [0.4, 0.5) is 0 Å². The maximum atomic E-state index is 4.54. The Hall–Kier alpha value is -1.20. The topological polar surface area (TPSA) is 42.7 Å². The summed E-state index contributed by atoms with van der Waals surface area (Å²) in [5.41, 5.74) is 2.39. The molecule has 0 aromatic carbocycles. The van der Waals surface area contributed by atoms with Crippen molar-refractivity contribution in [2.24, 2.45) is 7.05 Å². The predicted molar refractivity (Wildman–Crippen MR) is 74.9 cm³/mol. The van der Waals surface area contributed by atoms with Gasteiger partial charge < -0.3 is 5.32 Å². The van der Waals surface area contributed by atoms with Crippen LogP contribution >= 0.6 is 11.3 Å². The molecule has 0 fully saturated rings. The van der Waals surface area contributed by atoms with Gasteiger partial charge in [0.25, 0.3) is 0 Å². The van der Waals surface area contributed by atoms with Gasteiger partial charge in [0.2, 0.25) is 0 Å². The number of nitrogens with one attached hydrogen (secondary N) is 1.